The zero-order chi connectivity index (χ0) is 4.12. The van der Waals surface area contributed by atoms with E-state index in [1.807, 2.05) is 0 Å². The molecule has 3 heteroatoms. The van der Waals surface area contributed by atoms with Crippen molar-refractivity contribution in [3.8, 4) is 0 Å². The highest BCUT2D eigenvalue weighted by atomic mass is 19.2. The van der Waals surface area contributed by atoms with Crippen molar-refractivity contribution in [3.05, 3.63) is 0 Å². The van der Waals surface area contributed by atoms with Gasteiger partial charge in [-0.1, -0.05) is 0 Å². The van der Waals surface area contributed by atoms with Gasteiger partial charge in [-0.15, -0.1) is 4.48 Å². The largest absolute Gasteiger partial charge is 0.395 e. The van der Waals surface area contributed by atoms with Crippen LogP contribution >= 0.6 is 0 Å². The van der Waals surface area contributed by atoms with E-state index in [0.717, 1.165) is 0 Å². The van der Waals surface area contributed by atoms with Gasteiger partial charge in [0.25, 0.3) is 0 Å². The van der Waals surface area contributed by atoms with Crippen LogP contribution in [0.15, 0.2) is 0 Å². The second kappa shape index (κ2) is 3.85. The summed E-state index contributed by atoms with van der Waals surface area (Å²) in [6.07, 6.45) is 0. The first-order valence-corrected chi connectivity index (χ1v) is 1.36. The molecule has 0 rings (SSSR count). The van der Waals surface area contributed by atoms with E-state index in [1.54, 1.807) is 0 Å². The Bertz CT molecular complexity index is 17.1. The van der Waals surface area contributed by atoms with Gasteiger partial charge in [0.1, 0.15) is 0 Å². The van der Waals surface area contributed by atoms with Gasteiger partial charge in [0.05, 0.1) is 6.61 Å². The Morgan fingerprint density at radius 1 is 1.80 bits per heavy atom. The van der Waals surface area contributed by atoms with Crippen LogP contribution in [-0.4, -0.2) is 18.3 Å². The third-order valence-corrected chi connectivity index (χ3v) is 0.206. The molecule has 0 aliphatic heterocycles. The lowest BCUT2D eigenvalue weighted by Crippen LogP contribution is -2.05. The summed E-state index contributed by atoms with van der Waals surface area (Å²) in [5.41, 5.74) is 1.27. The van der Waals surface area contributed by atoms with Gasteiger partial charge in [-0.25, -0.2) is 0 Å². The van der Waals surface area contributed by atoms with Crippen LogP contribution < -0.4 is 5.54 Å². The fourth-order valence-electron chi connectivity index (χ4n) is 0.0423. The Kier molecular flexibility index (Phi) is 3.73. The van der Waals surface area contributed by atoms with Crippen molar-refractivity contribution in [2.75, 3.05) is 13.2 Å². The number of hydrogen-bond acceptors (Lipinski definition) is 2. The summed E-state index contributed by atoms with van der Waals surface area (Å²) < 4.78 is 10.6. The smallest absolute Gasteiger partial charge is 0.0582 e. The SMILES string of the molecule is OCCNF. The molecule has 32 valence electrons. The Hall–Kier alpha value is -0.150. The Labute approximate surface area is 29.5 Å². The predicted molar refractivity (Wildman–Crippen MR) is 16.2 cm³/mol. The van der Waals surface area contributed by atoms with Crippen molar-refractivity contribution in [2.45, 2.75) is 0 Å². The third-order valence-electron chi connectivity index (χ3n) is 0.206. The van der Waals surface area contributed by atoms with E-state index in [9.17, 15) is 4.48 Å². The molecular weight excluding hydrogens is 73.0 g/mol. The molecule has 0 aromatic carbocycles. The van der Waals surface area contributed by atoms with Gasteiger partial charge in [0.2, 0.25) is 0 Å². The van der Waals surface area contributed by atoms with E-state index in [1.165, 1.54) is 5.54 Å². The highest BCUT2D eigenvalue weighted by molar-refractivity contribution is 4.21. The minimum absolute atomic E-state index is 0.0278. The number of hydrogen-bond donors (Lipinski definition) is 2. The van der Waals surface area contributed by atoms with Gasteiger partial charge in [0.15, 0.2) is 0 Å². The molecule has 0 fully saturated rings. The van der Waals surface area contributed by atoms with E-state index in [2.05, 4.69) is 0 Å². The van der Waals surface area contributed by atoms with Crippen molar-refractivity contribution in [3.63, 3.8) is 0 Å². The number of rotatable bonds is 2. The summed E-state index contributed by atoms with van der Waals surface area (Å²) >= 11 is 0. The second-order valence-corrected chi connectivity index (χ2v) is 0.607. The topological polar surface area (TPSA) is 32.3 Å². The highest BCUT2D eigenvalue weighted by Crippen LogP contribution is 1.49. The molecule has 0 bridgehead atoms. The van der Waals surface area contributed by atoms with Crippen molar-refractivity contribution in [2.24, 2.45) is 0 Å². The second-order valence-electron chi connectivity index (χ2n) is 0.607. The van der Waals surface area contributed by atoms with Gasteiger partial charge in [-0.2, -0.15) is 5.54 Å². The van der Waals surface area contributed by atoms with Crippen molar-refractivity contribution < 1.29 is 9.59 Å². The number of aliphatic hydroxyl groups excluding tert-OH is 1. The Balaban J connectivity index is 2.19. The molecule has 0 heterocycles. The average molecular weight is 79.1 g/mol. The standard InChI is InChI=1S/C2H6FNO/c3-4-1-2-5/h4-5H,1-2H2. The average Bonchev–Trinajstić information content (AvgIpc) is 1.41. The maximum atomic E-state index is 10.6. The number of halogens is 1. The first-order valence-electron chi connectivity index (χ1n) is 1.36. The fourth-order valence-corrected chi connectivity index (χ4v) is 0.0423. The van der Waals surface area contributed by atoms with Crippen LogP contribution in [0.3, 0.4) is 0 Å². The van der Waals surface area contributed by atoms with Crippen molar-refractivity contribution in [1.29, 1.82) is 0 Å². The van der Waals surface area contributed by atoms with E-state index in [4.69, 9.17) is 5.11 Å². The molecule has 0 saturated carbocycles. The summed E-state index contributed by atoms with van der Waals surface area (Å²) in [7, 11) is 0. The monoisotopic (exact) mass is 79.0 g/mol. The maximum absolute atomic E-state index is 10.6. The summed E-state index contributed by atoms with van der Waals surface area (Å²) in [6, 6.07) is 0. The van der Waals surface area contributed by atoms with Crippen LogP contribution in [0.5, 0.6) is 0 Å². The van der Waals surface area contributed by atoms with Gasteiger partial charge in [0, 0.05) is 6.54 Å². The Morgan fingerprint density at radius 3 is 2.40 bits per heavy atom. The minimum atomic E-state index is -0.142. The molecule has 0 aromatic heterocycles. The molecule has 0 amide bonds. The molecule has 0 spiro atoms. The molecule has 0 unspecified atom stereocenters. The molecule has 2 nitrogen and oxygen atoms in total. The molecule has 5 heavy (non-hydrogen) atoms. The lowest BCUT2D eigenvalue weighted by molar-refractivity contribution is 0.239. The van der Waals surface area contributed by atoms with E-state index in [-0.39, 0.29) is 13.2 Å². The van der Waals surface area contributed by atoms with Gasteiger partial charge >= 0.3 is 0 Å². The van der Waals surface area contributed by atoms with Crippen LogP contribution in [-0.2, 0) is 0 Å². The zero-order valence-corrected chi connectivity index (χ0v) is 2.74. The molecule has 0 saturated heterocycles. The summed E-state index contributed by atoms with van der Waals surface area (Å²) in [4.78, 5) is 0. The predicted octanol–water partition coefficient (Wildman–Crippen LogP) is -0.547. The lowest BCUT2D eigenvalue weighted by atomic mass is 10.8. The normalized spacial score (nSPS) is 8.40. The van der Waals surface area contributed by atoms with Gasteiger partial charge in [-0.05, 0) is 0 Å². The number of aliphatic hydroxyl groups is 1. The summed E-state index contributed by atoms with van der Waals surface area (Å²) in [5, 5.41) is 7.76. The van der Waals surface area contributed by atoms with Gasteiger partial charge in [-0.3, -0.25) is 0 Å². The van der Waals surface area contributed by atoms with Crippen LogP contribution in [0.25, 0.3) is 0 Å². The Morgan fingerprint density at radius 2 is 2.40 bits per heavy atom. The third kappa shape index (κ3) is 3.85. The van der Waals surface area contributed by atoms with E-state index >= 15 is 0 Å². The zero-order valence-electron chi connectivity index (χ0n) is 2.74. The van der Waals surface area contributed by atoms with E-state index in [0.29, 0.717) is 0 Å². The fraction of sp³-hybridized carbons (Fsp3) is 1.00. The molecular formula is C2H6FNO. The lowest BCUT2D eigenvalue weighted by Gasteiger charge is -1.79. The van der Waals surface area contributed by atoms with Crippen LogP contribution in [0.1, 0.15) is 0 Å². The molecule has 2 N–H and O–H groups in total. The maximum Gasteiger partial charge on any atom is 0.0582 e. The molecule has 0 aliphatic carbocycles. The molecule has 0 aliphatic rings. The van der Waals surface area contributed by atoms with Crippen molar-refractivity contribution >= 4 is 0 Å². The first kappa shape index (κ1) is 4.85. The van der Waals surface area contributed by atoms with Crippen molar-refractivity contribution in [1.82, 2.24) is 5.54 Å². The first-order chi connectivity index (χ1) is 2.41. The molecule has 0 radical (unpaired) electrons. The molecule has 0 aromatic rings. The van der Waals surface area contributed by atoms with Crippen LogP contribution in [0.2, 0.25) is 0 Å². The van der Waals surface area contributed by atoms with Gasteiger partial charge < -0.3 is 5.11 Å². The van der Waals surface area contributed by atoms with E-state index < -0.39 is 0 Å². The molecule has 0 atom stereocenters. The summed E-state index contributed by atoms with van der Waals surface area (Å²) in [6.45, 7) is -0.115. The van der Waals surface area contributed by atoms with Crippen LogP contribution in [0, 0.1) is 0 Å². The number of nitrogens with one attached hydrogen (secondary N) is 1. The van der Waals surface area contributed by atoms with Crippen LogP contribution in [0.4, 0.5) is 4.48 Å². The highest BCUT2D eigenvalue weighted by Gasteiger charge is 1.69. The minimum Gasteiger partial charge on any atom is -0.395 e. The summed E-state index contributed by atoms with van der Waals surface area (Å²) in [5.74, 6) is 0. The quantitative estimate of drug-likeness (QED) is 0.435.